The van der Waals surface area contributed by atoms with Crippen LogP contribution in [0.15, 0.2) is 41.4 Å². The van der Waals surface area contributed by atoms with Gasteiger partial charge < -0.3 is 9.97 Å². The molecule has 5 heterocycles. The van der Waals surface area contributed by atoms with Gasteiger partial charge in [0.25, 0.3) is 0 Å². The van der Waals surface area contributed by atoms with E-state index >= 15 is 26.3 Å². The maximum Gasteiger partial charge on any atom is 0.200 e. The molecule has 8 rings (SSSR count). The van der Waals surface area contributed by atoms with Crippen molar-refractivity contribution in [1.82, 2.24) is 15.0 Å². The number of halogens is 15. The van der Waals surface area contributed by atoms with E-state index in [4.69, 9.17) is 0 Å². The topological polar surface area (TPSA) is 56.8 Å². The third kappa shape index (κ3) is 5.50. The van der Waals surface area contributed by atoms with Crippen LogP contribution >= 0.6 is 0 Å². The van der Waals surface area contributed by atoms with Crippen LogP contribution in [0.25, 0.3) is 67.6 Å². The summed E-state index contributed by atoms with van der Waals surface area (Å²) < 4.78 is 223. The lowest BCUT2D eigenvalue weighted by atomic mass is 10.0. The number of nitrogens with one attached hydrogen (secondary N) is 2. The number of aliphatic imine (C=N–C) groups is 1. The van der Waals surface area contributed by atoms with Crippen LogP contribution in [0.2, 0.25) is 0 Å². The Bertz CT molecular complexity index is 2880. The van der Waals surface area contributed by atoms with E-state index in [9.17, 15) is 39.5 Å². The summed E-state index contributed by atoms with van der Waals surface area (Å²) in [6.07, 6.45) is 2.65. The van der Waals surface area contributed by atoms with Crippen LogP contribution in [0.4, 0.5) is 71.5 Å². The van der Waals surface area contributed by atoms with Crippen LogP contribution in [0.3, 0.4) is 0 Å². The highest BCUT2D eigenvalue weighted by molar-refractivity contribution is 6.00. The van der Waals surface area contributed by atoms with E-state index in [1.165, 1.54) is 12.1 Å². The second kappa shape index (κ2) is 13.2. The average molecular weight is 809 g/mol. The van der Waals surface area contributed by atoms with Gasteiger partial charge in [-0.2, -0.15) is 0 Å². The molecule has 0 radical (unpaired) electrons. The number of H-pyrrole nitrogens is 2. The van der Waals surface area contributed by atoms with Gasteiger partial charge in [0.05, 0.1) is 33.8 Å². The van der Waals surface area contributed by atoms with Crippen LogP contribution in [-0.2, 0) is 0 Å². The third-order valence-electron chi connectivity index (χ3n) is 8.97. The van der Waals surface area contributed by atoms with Crippen molar-refractivity contribution < 1.29 is 65.9 Å². The molecule has 57 heavy (non-hydrogen) atoms. The molecule has 3 aromatic heterocycles. The Labute approximate surface area is 305 Å². The first-order valence-electron chi connectivity index (χ1n) is 15.7. The SMILES string of the molecule is Fc1c(F)c(F)c(-c2c3cc(cc4ccc([nH]4)c(-c4c(F)c(F)c(F)c(F)c4F)c4nc(c(-c5c(F)c(F)c(F)c(F)c5F)c5ccc2[nH]5)C=C4)C=N3)c(F)c1F. The lowest BCUT2D eigenvalue weighted by Gasteiger charge is -2.11. The van der Waals surface area contributed by atoms with Gasteiger partial charge in [-0.15, -0.1) is 0 Å². The predicted molar refractivity (Wildman–Crippen MR) is 175 cm³/mol. The van der Waals surface area contributed by atoms with Crippen LogP contribution in [0.5, 0.6) is 0 Å². The second-order valence-electron chi connectivity index (χ2n) is 12.2. The first kappa shape index (κ1) is 37.1. The molecule has 2 aliphatic heterocycles. The molecule has 6 aromatic rings. The Kier molecular flexibility index (Phi) is 8.58. The van der Waals surface area contributed by atoms with Gasteiger partial charge in [-0.05, 0) is 54.1 Å². The number of hydrogen-bond acceptors (Lipinski definition) is 2. The summed E-state index contributed by atoms with van der Waals surface area (Å²) in [6, 6.07) is 6.24. The summed E-state index contributed by atoms with van der Waals surface area (Å²) in [6.45, 7) is 0. The molecule has 0 amide bonds. The number of benzene rings is 3. The highest BCUT2D eigenvalue weighted by Gasteiger charge is 2.33. The third-order valence-corrected chi connectivity index (χ3v) is 8.97. The van der Waals surface area contributed by atoms with E-state index in [1.54, 1.807) is 0 Å². The molecule has 8 bridgehead atoms. The molecule has 4 nitrogen and oxygen atoms in total. The highest BCUT2D eigenvalue weighted by Crippen LogP contribution is 2.43. The molecular weight excluding hydrogens is 797 g/mol. The van der Waals surface area contributed by atoms with E-state index in [0.29, 0.717) is 0 Å². The van der Waals surface area contributed by atoms with Gasteiger partial charge in [-0.25, -0.2) is 70.8 Å². The lowest BCUT2D eigenvalue weighted by Crippen LogP contribution is -2.05. The standard InChI is InChI=1S/C38H11F15N4/c39-24-21(25(40)31(46)36(51)30(24)45)18-12-2-1-11(55-12)7-10-8-17(54-9-10)20(23-28(43)34(49)38(53)35(50)29(23)44)16-6-5-15(57-16)19(14-4-3-13(18)56-14)22-26(41)32(47)37(52)33(48)27(22)42/h1-9,55,57H. The van der Waals surface area contributed by atoms with Crippen molar-refractivity contribution in [2.75, 3.05) is 0 Å². The normalized spacial score (nSPS) is 12.3. The minimum Gasteiger partial charge on any atom is -0.355 e. The van der Waals surface area contributed by atoms with Crippen LogP contribution < -0.4 is 0 Å². The van der Waals surface area contributed by atoms with E-state index in [-0.39, 0.29) is 11.1 Å². The Hall–Kier alpha value is -6.79. The molecule has 0 spiro atoms. The Morgan fingerprint density at radius 1 is 0.351 bits per heavy atom. The molecule has 288 valence electrons. The highest BCUT2D eigenvalue weighted by atomic mass is 19.2. The summed E-state index contributed by atoms with van der Waals surface area (Å²) in [5.74, 6) is -36.5. The average Bonchev–Trinajstić information content (AvgIpc) is 4.04. The van der Waals surface area contributed by atoms with Gasteiger partial charge in [0.15, 0.2) is 69.8 Å². The van der Waals surface area contributed by atoms with E-state index in [1.807, 2.05) is 0 Å². The molecule has 19 heteroatoms. The van der Waals surface area contributed by atoms with E-state index in [0.717, 1.165) is 42.6 Å². The summed E-state index contributed by atoms with van der Waals surface area (Å²) in [5, 5.41) is 0. The number of rotatable bonds is 3. The second-order valence-corrected chi connectivity index (χ2v) is 12.2. The van der Waals surface area contributed by atoms with Crippen molar-refractivity contribution in [3.8, 4) is 33.4 Å². The van der Waals surface area contributed by atoms with Crippen molar-refractivity contribution in [2.45, 2.75) is 0 Å². The Morgan fingerprint density at radius 3 is 1.14 bits per heavy atom. The zero-order chi connectivity index (χ0) is 40.9. The number of fused-ring (bicyclic) bond motifs is 8. The van der Waals surface area contributed by atoms with Gasteiger partial charge >= 0.3 is 0 Å². The molecule has 0 atom stereocenters. The van der Waals surface area contributed by atoms with Gasteiger partial charge in [0, 0.05) is 45.0 Å². The fourth-order valence-electron chi connectivity index (χ4n) is 6.42. The van der Waals surface area contributed by atoms with Crippen molar-refractivity contribution in [3.05, 3.63) is 141 Å². The van der Waals surface area contributed by atoms with Crippen molar-refractivity contribution in [2.24, 2.45) is 4.99 Å². The van der Waals surface area contributed by atoms with Crippen molar-refractivity contribution in [1.29, 1.82) is 0 Å². The number of aromatic nitrogens is 3. The quantitative estimate of drug-likeness (QED) is 0.104. The van der Waals surface area contributed by atoms with Gasteiger partial charge in [-0.1, -0.05) is 0 Å². The Morgan fingerprint density at radius 2 is 0.702 bits per heavy atom. The first-order valence-corrected chi connectivity index (χ1v) is 15.7. The van der Waals surface area contributed by atoms with Gasteiger partial charge in [-0.3, -0.25) is 4.99 Å². The number of hydrogen-bond donors (Lipinski definition) is 2. The first-order chi connectivity index (χ1) is 27.0. The Balaban J connectivity index is 1.63. The minimum absolute atomic E-state index is 0.0128. The van der Waals surface area contributed by atoms with Crippen LogP contribution in [0.1, 0.15) is 17.0 Å². The molecule has 3 aromatic carbocycles. The van der Waals surface area contributed by atoms with Crippen molar-refractivity contribution in [3.63, 3.8) is 0 Å². The zero-order valence-electron chi connectivity index (χ0n) is 27.3. The monoisotopic (exact) mass is 808 g/mol. The number of aromatic amines is 2. The maximum absolute atomic E-state index is 15.6. The molecule has 2 N–H and O–H groups in total. The fraction of sp³-hybridized carbons (Fsp3) is 0. The lowest BCUT2D eigenvalue weighted by molar-refractivity contribution is 0.381. The van der Waals surface area contributed by atoms with Gasteiger partial charge in [0.1, 0.15) is 0 Å². The van der Waals surface area contributed by atoms with E-state index < -0.39 is 154 Å². The molecular formula is C38H11F15N4. The minimum atomic E-state index is -2.60. The summed E-state index contributed by atoms with van der Waals surface area (Å²) in [5.41, 5.74) is -11.4. The summed E-state index contributed by atoms with van der Waals surface area (Å²) >= 11 is 0. The van der Waals surface area contributed by atoms with Crippen LogP contribution in [-0.4, -0.2) is 21.2 Å². The predicted octanol–water partition coefficient (Wildman–Crippen LogP) is 11.9. The van der Waals surface area contributed by atoms with Gasteiger partial charge in [0.2, 0.25) is 17.5 Å². The molecule has 0 saturated carbocycles. The number of nitrogens with zero attached hydrogens (tertiary/aromatic N) is 2. The van der Waals surface area contributed by atoms with Crippen molar-refractivity contribution >= 4 is 46.1 Å². The molecule has 0 saturated heterocycles. The summed E-state index contributed by atoms with van der Waals surface area (Å²) in [7, 11) is 0. The molecule has 0 unspecified atom stereocenters. The van der Waals surface area contributed by atoms with E-state index in [2.05, 4.69) is 19.9 Å². The smallest absolute Gasteiger partial charge is 0.200 e. The fourth-order valence-corrected chi connectivity index (χ4v) is 6.42. The molecule has 0 aliphatic carbocycles. The van der Waals surface area contributed by atoms with Crippen LogP contribution in [0, 0.1) is 87.3 Å². The zero-order valence-corrected chi connectivity index (χ0v) is 27.3. The largest absolute Gasteiger partial charge is 0.355 e. The summed E-state index contributed by atoms with van der Waals surface area (Å²) in [4.78, 5) is 13.1. The maximum atomic E-state index is 15.6. The molecule has 2 aliphatic rings. The molecule has 0 fully saturated rings.